The minimum atomic E-state index is -4.42. The lowest BCUT2D eigenvalue weighted by molar-refractivity contribution is -0.137. The van der Waals surface area contributed by atoms with Gasteiger partial charge in [0.15, 0.2) is 5.13 Å². The number of halogens is 3. The number of nitrogens with zero attached hydrogens (tertiary/aromatic N) is 1. The molecule has 0 aliphatic carbocycles. The van der Waals surface area contributed by atoms with Crippen molar-refractivity contribution in [2.45, 2.75) is 19.5 Å². The highest BCUT2D eigenvalue weighted by Crippen LogP contribution is 2.29. The van der Waals surface area contributed by atoms with Crippen LogP contribution >= 0.6 is 11.3 Å². The molecule has 3 aromatic rings. The lowest BCUT2D eigenvalue weighted by Gasteiger charge is -2.07. The van der Waals surface area contributed by atoms with Crippen molar-refractivity contribution in [2.24, 2.45) is 0 Å². The highest BCUT2D eigenvalue weighted by atomic mass is 32.1. The van der Waals surface area contributed by atoms with Gasteiger partial charge in [0.05, 0.1) is 5.56 Å². The molecule has 0 radical (unpaired) electrons. The van der Waals surface area contributed by atoms with Gasteiger partial charge in [0, 0.05) is 23.1 Å². The van der Waals surface area contributed by atoms with E-state index in [1.54, 1.807) is 6.20 Å². The molecule has 7 heteroatoms. The number of carbonyl (C=O) groups is 1. The fraction of sp³-hybridized carbons (Fsp3) is 0.158. The number of amides is 1. The zero-order valence-corrected chi connectivity index (χ0v) is 14.6. The van der Waals surface area contributed by atoms with Gasteiger partial charge in [0.1, 0.15) is 0 Å². The number of anilines is 1. The van der Waals surface area contributed by atoms with Crippen molar-refractivity contribution < 1.29 is 18.0 Å². The van der Waals surface area contributed by atoms with Gasteiger partial charge in [-0.05, 0) is 36.8 Å². The molecular formula is C19H15F3N2OS. The summed E-state index contributed by atoms with van der Waals surface area (Å²) in [7, 11) is 0. The Hall–Kier alpha value is -2.67. The van der Waals surface area contributed by atoms with Gasteiger partial charge in [-0.15, -0.1) is 11.3 Å². The summed E-state index contributed by atoms with van der Waals surface area (Å²) in [6.45, 7) is 2.02. The van der Waals surface area contributed by atoms with Gasteiger partial charge < -0.3 is 0 Å². The third-order valence-electron chi connectivity index (χ3n) is 3.71. The number of aryl methyl sites for hydroxylation is 1. The van der Waals surface area contributed by atoms with Crippen LogP contribution in [0.15, 0.2) is 54.7 Å². The van der Waals surface area contributed by atoms with Gasteiger partial charge in [-0.1, -0.05) is 29.8 Å². The predicted molar refractivity (Wildman–Crippen MR) is 95.5 cm³/mol. The first-order valence-electron chi connectivity index (χ1n) is 7.80. The molecule has 3 rings (SSSR count). The Morgan fingerprint density at radius 3 is 2.54 bits per heavy atom. The van der Waals surface area contributed by atoms with Gasteiger partial charge in [-0.2, -0.15) is 13.2 Å². The number of carbonyl (C=O) groups excluding carboxylic acids is 1. The van der Waals surface area contributed by atoms with Crippen LogP contribution in [0.5, 0.6) is 0 Å². The lowest BCUT2D eigenvalue weighted by atomic mass is 10.1. The normalized spacial score (nSPS) is 11.4. The summed E-state index contributed by atoms with van der Waals surface area (Å²) in [6.07, 6.45) is -2.03. The molecule has 0 aliphatic heterocycles. The van der Waals surface area contributed by atoms with Crippen LogP contribution in [-0.2, 0) is 12.6 Å². The first kappa shape index (κ1) is 18.1. The van der Waals surface area contributed by atoms with E-state index in [9.17, 15) is 18.0 Å². The van der Waals surface area contributed by atoms with Crippen LogP contribution in [0, 0.1) is 6.92 Å². The Balaban J connectivity index is 1.66. The molecule has 134 valence electrons. The maximum Gasteiger partial charge on any atom is 0.416 e. The number of aromatic nitrogens is 1. The van der Waals surface area contributed by atoms with Crippen molar-refractivity contribution in [3.8, 4) is 0 Å². The van der Waals surface area contributed by atoms with Crippen molar-refractivity contribution in [3.63, 3.8) is 0 Å². The number of hydrogen-bond donors (Lipinski definition) is 1. The van der Waals surface area contributed by atoms with E-state index in [0.29, 0.717) is 11.6 Å². The molecule has 1 heterocycles. The Morgan fingerprint density at radius 2 is 1.88 bits per heavy atom. The number of nitrogens with one attached hydrogen (secondary N) is 1. The molecule has 0 atom stereocenters. The average molecular weight is 376 g/mol. The van der Waals surface area contributed by atoms with Crippen molar-refractivity contribution in [3.05, 3.63) is 81.9 Å². The smallest absolute Gasteiger partial charge is 0.298 e. The number of benzene rings is 2. The third-order valence-corrected chi connectivity index (χ3v) is 4.62. The Kier molecular flexibility index (Phi) is 5.08. The maximum absolute atomic E-state index is 12.6. The summed E-state index contributed by atoms with van der Waals surface area (Å²) < 4.78 is 37.7. The summed E-state index contributed by atoms with van der Waals surface area (Å²) in [4.78, 5) is 17.3. The maximum atomic E-state index is 12.6. The fourth-order valence-corrected chi connectivity index (χ4v) is 3.29. The van der Waals surface area contributed by atoms with E-state index in [2.05, 4.69) is 16.4 Å². The Labute approximate surface area is 152 Å². The predicted octanol–water partition coefficient (Wildman–Crippen LogP) is 5.31. The monoisotopic (exact) mass is 376 g/mol. The zero-order valence-electron chi connectivity index (χ0n) is 13.8. The van der Waals surface area contributed by atoms with Gasteiger partial charge in [0.25, 0.3) is 5.91 Å². The van der Waals surface area contributed by atoms with Crippen LogP contribution in [0.25, 0.3) is 0 Å². The topological polar surface area (TPSA) is 42.0 Å². The van der Waals surface area contributed by atoms with Crippen LogP contribution in [-0.4, -0.2) is 10.9 Å². The number of thiazole rings is 1. The van der Waals surface area contributed by atoms with Gasteiger partial charge in [-0.3, -0.25) is 10.1 Å². The largest absolute Gasteiger partial charge is 0.416 e. The lowest BCUT2D eigenvalue weighted by Crippen LogP contribution is -2.12. The summed E-state index contributed by atoms with van der Waals surface area (Å²) >= 11 is 1.34. The highest BCUT2D eigenvalue weighted by molar-refractivity contribution is 7.15. The number of hydrogen-bond acceptors (Lipinski definition) is 3. The SMILES string of the molecule is Cc1cccc(Cc2cnc(NC(=O)c3ccc(C(F)(F)F)cc3)s2)c1. The Bertz CT molecular complexity index is 917. The first-order chi connectivity index (χ1) is 12.3. The fourth-order valence-electron chi connectivity index (χ4n) is 2.45. The highest BCUT2D eigenvalue weighted by Gasteiger charge is 2.30. The minimum Gasteiger partial charge on any atom is -0.298 e. The minimum absolute atomic E-state index is 0.147. The van der Waals surface area contributed by atoms with Crippen LogP contribution in [0.2, 0.25) is 0 Å². The Morgan fingerprint density at radius 1 is 1.15 bits per heavy atom. The van der Waals surface area contributed by atoms with Crippen molar-refractivity contribution in [1.29, 1.82) is 0 Å². The number of rotatable bonds is 4. The molecule has 1 N–H and O–H groups in total. The second-order valence-corrected chi connectivity index (χ2v) is 6.94. The van der Waals surface area contributed by atoms with Crippen LogP contribution in [0.1, 0.15) is 31.9 Å². The van der Waals surface area contributed by atoms with Gasteiger partial charge in [0.2, 0.25) is 0 Å². The second-order valence-electron chi connectivity index (χ2n) is 5.83. The van der Waals surface area contributed by atoms with E-state index in [0.717, 1.165) is 34.7 Å². The van der Waals surface area contributed by atoms with E-state index < -0.39 is 17.6 Å². The van der Waals surface area contributed by atoms with Crippen LogP contribution in [0.3, 0.4) is 0 Å². The van der Waals surface area contributed by atoms with E-state index in [1.165, 1.54) is 16.9 Å². The summed E-state index contributed by atoms with van der Waals surface area (Å²) in [5, 5.41) is 3.04. The molecule has 0 saturated carbocycles. The molecule has 2 aromatic carbocycles. The van der Waals surface area contributed by atoms with E-state index >= 15 is 0 Å². The molecule has 0 unspecified atom stereocenters. The molecule has 26 heavy (non-hydrogen) atoms. The molecule has 1 aromatic heterocycles. The van der Waals surface area contributed by atoms with Gasteiger partial charge in [-0.25, -0.2) is 4.98 Å². The van der Waals surface area contributed by atoms with Gasteiger partial charge >= 0.3 is 6.18 Å². The van der Waals surface area contributed by atoms with Crippen LogP contribution in [0.4, 0.5) is 18.3 Å². The van der Waals surface area contributed by atoms with Crippen molar-refractivity contribution in [1.82, 2.24) is 4.98 Å². The molecule has 0 spiro atoms. The van der Waals surface area contributed by atoms with Crippen molar-refractivity contribution >= 4 is 22.4 Å². The summed E-state index contributed by atoms with van der Waals surface area (Å²) in [5.74, 6) is -0.491. The van der Waals surface area contributed by atoms with E-state index in [4.69, 9.17) is 0 Å². The first-order valence-corrected chi connectivity index (χ1v) is 8.62. The molecule has 0 bridgehead atoms. The molecule has 3 nitrogen and oxygen atoms in total. The summed E-state index contributed by atoms with van der Waals surface area (Å²) in [6, 6.07) is 12.2. The molecular weight excluding hydrogens is 361 g/mol. The third kappa shape index (κ3) is 4.49. The molecule has 0 fully saturated rings. The quantitative estimate of drug-likeness (QED) is 0.670. The average Bonchev–Trinajstić information content (AvgIpc) is 3.01. The summed E-state index contributed by atoms with van der Waals surface area (Å²) in [5.41, 5.74) is 1.68. The van der Waals surface area contributed by atoms with Crippen molar-refractivity contribution in [2.75, 3.05) is 5.32 Å². The molecule has 1 amide bonds. The van der Waals surface area contributed by atoms with E-state index in [-0.39, 0.29) is 5.56 Å². The molecule has 0 aliphatic rings. The van der Waals surface area contributed by atoms with Crippen LogP contribution < -0.4 is 5.32 Å². The van der Waals surface area contributed by atoms with E-state index in [1.807, 2.05) is 25.1 Å². The zero-order chi connectivity index (χ0) is 18.7. The molecule has 0 saturated heterocycles. The standard InChI is InChI=1S/C19H15F3N2OS/c1-12-3-2-4-13(9-12)10-16-11-23-18(26-16)24-17(25)14-5-7-15(8-6-14)19(20,21)22/h2-9,11H,10H2,1H3,(H,23,24,25). The number of alkyl halides is 3. The second kappa shape index (κ2) is 7.29.